The van der Waals surface area contributed by atoms with Crippen LogP contribution in [0.1, 0.15) is 36.3 Å². The van der Waals surface area contributed by atoms with E-state index in [1.54, 1.807) is 11.3 Å². The number of carbonyl (C=O) groups is 1. The summed E-state index contributed by atoms with van der Waals surface area (Å²) in [6.07, 6.45) is 7.54. The molecule has 2 aromatic rings. The molecule has 7 heteroatoms. The fourth-order valence-electron chi connectivity index (χ4n) is 5.28. The zero-order valence-corrected chi connectivity index (χ0v) is 17.3. The number of nitrogens with zero attached hydrogens (tertiary/aromatic N) is 3. The molecule has 1 spiro atoms. The van der Waals surface area contributed by atoms with E-state index < -0.39 is 0 Å². The zero-order valence-electron chi connectivity index (χ0n) is 16.4. The summed E-state index contributed by atoms with van der Waals surface area (Å²) in [6.45, 7) is 4.53. The highest BCUT2D eigenvalue weighted by molar-refractivity contribution is 7.07. The third-order valence-electron chi connectivity index (χ3n) is 7.02. The Kier molecular flexibility index (Phi) is 4.77. The van der Waals surface area contributed by atoms with Gasteiger partial charge in [0.2, 0.25) is 5.91 Å². The van der Waals surface area contributed by atoms with Crippen LogP contribution in [0, 0.1) is 11.3 Å². The Morgan fingerprint density at radius 3 is 2.93 bits per heavy atom. The van der Waals surface area contributed by atoms with E-state index >= 15 is 0 Å². The molecule has 2 saturated heterocycles. The van der Waals surface area contributed by atoms with Gasteiger partial charge in [-0.15, -0.1) is 0 Å². The lowest BCUT2D eigenvalue weighted by molar-refractivity contribution is -0.137. The van der Waals surface area contributed by atoms with Gasteiger partial charge in [0.05, 0.1) is 12.1 Å². The minimum atomic E-state index is 0.00204. The van der Waals surface area contributed by atoms with E-state index in [1.807, 2.05) is 17.9 Å². The number of hydrogen-bond acceptors (Lipinski definition) is 5. The van der Waals surface area contributed by atoms with Crippen LogP contribution in [0.4, 0.5) is 0 Å². The minimum Gasteiger partial charge on any atom is -0.334 e. The van der Waals surface area contributed by atoms with Crippen molar-refractivity contribution < 1.29 is 4.79 Å². The predicted octanol–water partition coefficient (Wildman–Crippen LogP) is 1.96. The largest absolute Gasteiger partial charge is 0.334 e. The van der Waals surface area contributed by atoms with E-state index in [9.17, 15) is 4.79 Å². The molecule has 150 valence electrons. The molecule has 6 nitrogen and oxygen atoms in total. The van der Waals surface area contributed by atoms with Gasteiger partial charge in [0, 0.05) is 44.8 Å². The van der Waals surface area contributed by atoms with Crippen LogP contribution >= 0.6 is 11.3 Å². The van der Waals surface area contributed by atoms with Crippen molar-refractivity contribution in [3.05, 3.63) is 40.3 Å². The monoisotopic (exact) mass is 399 g/mol. The van der Waals surface area contributed by atoms with Gasteiger partial charge in [0.1, 0.15) is 0 Å². The summed E-state index contributed by atoms with van der Waals surface area (Å²) in [5.41, 5.74) is 2.79. The maximum atomic E-state index is 13.8. The second-order valence-corrected chi connectivity index (χ2v) is 9.53. The highest BCUT2D eigenvalue weighted by Crippen LogP contribution is 2.56. The molecule has 3 fully saturated rings. The van der Waals surface area contributed by atoms with Crippen LogP contribution in [-0.2, 0) is 18.4 Å². The quantitative estimate of drug-likeness (QED) is 0.807. The Balaban J connectivity index is 1.39. The summed E-state index contributed by atoms with van der Waals surface area (Å²) in [6, 6.07) is 2.56. The van der Waals surface area contributed by atoms with Crippen LogP contribution < -0.4 is 10.6 Å². The maximum absolute atomic E-state index is 13.8. The first-order valence-corrected chi connectivity index (χ1v) is 11.3. The Morgan fingerprint density at radius 2 is 2.21 bits per heavy atom. The van der Waals surface area contributed by atoms with Gasteiger partial charge in [-0.1, -0.05) is 0 Å². The third kappa shape index (κ3) is 3.29. The van der Waals surface area contributed by atoms with Gasteiger partial charge in [0.15, 0.2) is 0 Å². The molecule has 2 aromatic heterocycles. The van der Waals surface area contributed by atoms with Crippen molar-refractivity contribution in [2.45, 2.75) is 37.8 Å². The smallest absolute Gasteiger partial charge is 0.228 e. The van der Waals surface area contributed by atoms with Crippen molar-refractivity contribution in [2.24, 2.45) is 18.4 Å². The van der Waals surface area contributed by atoms with Crippen molar-refractivity contribution in [2.75, 3.05) is 26.2 Å². The zero-order chi connectivity index (χ0) is 19.1. The SMILES string of the molecule is Cn1cc([C@H]2CNC[C@@H]2C(=O)N(Cc2ccsc2)C2CC23CCNCC3)cn1. The molecular formula is C21H29N5OS. The van der Waals surface area contributed by atoms with E-state index in [0.717, 1.165) is 32.7 Å². The first-order chi connectivity index (χ1) is 13.7. The lowest BCUT2D eigenvalue weighted by Gasteiger charge is -2.32. The highest BCUT2D eigenvalue weighted by Gasteiger charge is 2.58. The van der Waals surface area contributed by atoms with Gasteiger partial charge in [-0.05, 0) is 65.7 Å². The Labute approximate surface area is 170 Å². The van der Waals surface area contributed by atoms with Crippen LogP contribution in [0.25, 0.3) is 0 Å². The van der Waals surface area contributed by atoms with E-state index in [1.165, 1.54) is 30.4 Å². The Morgan fingerprint density at radius 1 is 1.36 bits per heavy atom. The van der Waals surface area contributed by atoms with Crippen molar-refractivity contribution >= 4 is 17.2 Å². The molecule has 0 radical (unpaired) electrons. The average molecular weight is 400 g/mol. The van der Waals surface area contributed by atoms with Crippen LogP contribution in [0.3, 0.4) is 0 Å². The van der Waals surface area contributed by atoms with Gasteiger partial charge in [-0.3, -0.25) is 9.48 Å². The number of nitrogens with one attached hydrogen (secondary N) is 2. The minimum absolute atomic E-state index is 0.00204. The highest BCUT2D eigenvalue weighted by atomic mass is 32.1. The van der Waals surface area contributed by atoms with Gasteiger partial charge in [-0.25, -0.2) is 0 Å². The normalized spacial score (nSPS) is 28.5. The van der Waals surface area contributed by atoms with Gasteiger partial charge < -0.3 is 15.5 Å². The standard InChI is InChI=1S/C21H29N5OS/c1-25-13-16(9-24-25)17-10-23-11-18(17)20(27)26(12-15-2-7-28-14-15)19-8-21(19)3-5-22-6-4-21/h2,7,9,13-14,17-19,22-23H,3-6,8,10-12H2,1H3/t17-,18+,19?/m1/s1. The predicted molar refractivity (Wildman–Crippen MR) is 110 cm³/mol. The van der Waals surface area contributed by atoms with Crippen LogP contribution in [0.15, 0.2) is 29.2 Å². The molecule has 28 heavy (non-hydrogen) atoms. The molecule has 2 aliphatic heterocycles. The molecule has 1 saturated carbocycles. The second-order valence-electron chi connectivity index (χ2n) is 8.75. The van der Waals surface area contributed by atoms with Crippen LogP contribution in [-0.4, -0.2) is 52.8 Å². The number of piperidine rings is 1. The Bertz CT molecular complexity index is 826. The van der Waals surface area contributed by atoms with E-state index in [4.69, 9.17) is 0 Å². The summed E-state index contributed by atoms with van der Waals surface area (Å²) >= 11 is 1.71. The van der Waals surface area contributed by atoms with E-state index in [2.05, 4.69) is 43.7 Å². The van der Waals surface area contributed by atoms with Gasteiger partial charge >= 0.3 is 0 Å². The summed E-state index contributed by atoms with van der Waals surface area (Å²) in [5, 5.41) is 15.6. The van der Waals surface area contributed by atoms with Crippen molar-refractivity contribution in [3.8, 4) is 0 Å². The van der Waals surface area contributed by atoms with Gasteiger partial charge in [0.25, 0.3) is 0 Å². The maximum Gasteiger partial charge on any atom is 0.228 e. The fraction of sp³-hybridized carbons (Fsp3) is 0.619. The lowest BCUT2D eigenvalue weighted by atomic mass is 9.88. The number of hydrogen-bond donors (Lipinski definition) is 2. The molecule has 0 aromatic carbocycles. The van der Waals surface area contributed by atoms with Crippen molar-refractivity contribution in [3.63, 3.8) is 0 Å². The number of rotatable bonds is 5. The topological polar surface area (TPSA) is 62.2 Å². The van der Waals surface area contributed by atoms with Crippen molar-refractivity contribution in [1.29, 1.82) is 0 Å². The van der Waals surface area contributed by atoms with Gasteiger partial charge in [-0.2, -0.15) is 16.4 Å². The molecule has 4 heterocycles. The number of aromatic nitrogens is 2. The average Bonchev–Trinajstić information content (AvgIpc) is 3.22. The molecule has 5 rings (SSSR count). The second kappa shape index (κ2) is 7.28. The van der Waals surface area contributed by atoms with Crippen LogP contribution in [0.5, 0.6) is 0 Å². The summed E-state index contributed by atoms with van der Waals surface area (Å²) < 4.78 is 1.84. The number of carbonyl (C=O) groups excluding carboxylic acids is 1. The van der Waals surface area contributed by atoms with E-state index in [0.29, 0.717) is 17.4 Å². The first-order valence-electron chi connectivity index (χ1n) is 10.4. The Hall–Kier alpha value is -1.70. The molecule has 1 amide bonds. The fourth-order valence-corrected chi connectivity index (χ4v) is 5.94. The number of thiophene rings is 1. The van der Waals surface area contributed by atoms with Crippen LogP contribution in [0.2, 0.25) is 0 Å². The first kappa shape index (κ1) is 18.3. The van der Waals surface area contributed by atoms with E-state index in [-0.39, 0.29) is 11.8 Å². The molecule has 3 atom stereocenters. The molecule has 0 bridgehead atoms. The molecule has 1 unspecified atom stereocenters. The lowest BCUT2D eigenvalue weighted by Crippen LogP contribution is -2.43. The number of amides is 1. The third-order valence-corrected chi connectivity index (χ3v) is 7.75. The molecular weight excluding hydrogens is 370 g/mol. The molecule has 3 aliphatic rings. The summed E-state index contributed by atoms with van der Waals surface area (Å²) in [4.78, 5) is 16.0. The molecule has 1 aliphatic carbocycles. The molecule has 2 N–H and O–H groups in total. The summed E-state index contributed by atoms with van der Waals surface area (Å²) in [5.74, 6) is 0.543. The summed E-state index contributed by atoms with van der Waals surface area (Å²) in [7, 11) is 1.94. The van der Waals surface area contributed by atoms with Crippen molar-refractivity contribution in [1.82, 2.24) is 25.3 Å². The number of aryl methyl sites for hydroxylation is 1.